The minimum Gasteiger partial charge on any atom is -0.354 e. The number of aromatic amines is 1. The minimum atomic E-state index is -2.91. The molecule has 0 radical (unpaired) electrons. The van der Waals surface area contributed by atoms with Gasteiger partial charge in [0.05, 0.1) is 12.8 Å². The zero-order chi connectivity index (χ0) is 22.5. The number of hydrogen-bond acceptors (Lipinski definition) is 4. The maximum atomic E-state index is 12.5. The fourth-order valence-electron chi connectivity index (χ4n) is 2.56. The van der Waals surface area contributed by atoms with E-state index < -0.39 is 37.8 Å². The SMILES string of the molecule is [2H]C([2H])([N+]#[C-])C(=O)N1CC[C@@]([2H])(C)[C@@]([2H])(N(c2ncnc3[nH]ccc23)C([2H])([2H])[2H])C1. The molecular weight excluding hydrogens is 292 g/mol. The first-order chi connectivity index (χ1) is 13.7. The molecule has 0 aliphatic carbocycles. The predicted octanol–water partition coefficient (Wildman–Crippen LogP) is 1.55. The largest absolute Gasteiger partial charge is 0.354 e. The summed E-state index contributed by atoms with van der Waals surface area (Å²) >= 11 is 0. The maximum absolute atomic E-state index is 12.5. The monoisotopic (exact) mass is 319 g/mol. The lowest BCUT2D eigenvalue weighted by Crippen LogP contribution is -2.53. The number of carbonyl (C=O) groups excluding carboxylic acids is 1. The molecule has 1 saturated heterocycles. The number of likely N-dealkylation sites (N-methyl/N-ethyl adjacent to an activating group) is 1. The van der Waals surface area contributed by atoms with Gasteiger partial charge in [0, 0.05) is 31.7 Å². The molecule has 2 atom stereocenters. The van der Waals surface area contributed by atoms with Crippen LogP contribution < -0.4 is 4.90 Å². The Hall–Kier alpha value is -2.62. The van der Waals surface area contributed by atoms with Gasteiger partial charge in [0.1, 0.15) is 20.5 Å². The summed E-state index contributed by atoms with van der Waals surface area (Å²) in [6.45, 7) is 1.91. The first-order valence-corrected chi connectivity index (χ1v) is 7.01. The van der Waals surface area contributed by atoms with Gasteiger partial charge in [-0.25, -0.2) is 16.5 Å². The van der Waals surface area contributed by atoms with Crippen LogP contribution in [0.25, 0.3) is 15.9 Å². The molecular formula is C16H20N6O. The molecule has 23 heavy (non-hydrogen) atoms. The second-order valence-corrected chi connectivity index (χ2v) is 5.20. The number of carbonyl (C=O) groups is 1. The lowest BCUT2D eigenvalue weighted by atomic mass is 9.92. The fraction of sp³-hybridized carbons (Fsp3) is 0.500. The summed E-state index contributed by atoms with van der Waals surface area (Å²) in [6.07, 6.45) is 2.59. The zero-order valence-corrected chi connectivity index (χ0v) is 12.5. The summed E-state index contributed by atoms with van der Waals surface area (Å²) in [6, 6.07) is -0.666. The normalized spacial score (nSPS) is 33.2. The van der Waals surface area contributed by atoms with Crippen molar-refractivity contribution in [2.24, 2.45) is 5.89 Å². The highest BCUT2D eigenvalue weighted by Gasteiger charge is 2.33. The molecule has 3 heterocycles. The number of H-pyrrole nitrogens is 1. The average molecular weight is 319 g/mol. The van der Waals surface area contributed by atoms with Gasteiger partial charge in [-0.05, 0) is 18.4 Å². The van der Waals surface area contributed by atoms with Crippen LogP contribution in [0.15, 0.2) is 18.6 Å². The van der Waals surface area contributed by atoms with E-state index in [0.29, 0.717) is 11.0 Å². The molecule has 7 nitrogen and oxygen atoms in total. The van der Waals surface area contributed by atoms with Crippen LogP contribution in [-0.4, -0.2) is 58.3 Å². The van der Waals surface area contributed by atoms with E-state index in [0.717, 1.165) is 16.1 Å². The van der Waals surface area contributed by atoms with Crippen LogP contribution in [0.3, 0.4) is 0 Å². The molecule has 1 aliphatic rings. The topological polar surface area (TPSA) is 69.5 Å². The first kappa shape index (κ1) is 8.87. The Labute approximate surface area is 145 Å². The Balaban J connectivity index is 2.16. The third kappa shape index (κ3) is 2.84. The number of aromatic nitrogens is 3. The van der Waals surface area contributed by atoms with Gasteiger partial charge in [-0.1, -0.05) is 6.92 Å². The average Bonchev–Trinajstić information content (AvgIpc) is 3.12. The molecule has 1 N–H and O–H groups in total. The number of piperidine rings is 1. The molecule has 0 aromatic carbocycles. The first-order valence-electron chi connectivity index (χ1n) is 10.5. The Morgan fingerprint density at radius 3 is 3.39 bits per heavy atom. The van der Waals surface area contributed by atoms with E-state index in [4.69, 9.17) is 16.2 Å². The Morgan fingerprint density at radius 1 is 1.74 bits per heavy atom. The van der Waals surface area contributed by atoms with Crippen molar-refractivity contribution in [2.75, 3.05) is 31.5 Å². The molecule has 0 unspecified atom stereocenters. The van der Waals surface area contributed by atoms with Gasteiger partial charge < -0.3 is 19.6 Å². The van der Waals surface area contributed by atoms with Gasteiger partial charge in [-0.3, -0.25) is 4.79 Å². The molecule has 0 saturated carbocycles. The summed E-state index contributed by atoms with van der Waals surface area (Å²) in [5.41, 5.74) is 0.345. The molecule has 3 rings (SSSR count). The second kappa shape index (κ2) is 6.24. The van der Waals surface area contributed by atoms with Crippen LogP contribution >= 0.6 is 0 Å². The second-order valence-electron chi connectivity index (χ2n) is 5.20. The highest BCUT2D eigenvalue weighted by Crippen LogP contribution is 2.28. The molecule has 2 aromatic rings. The molecule has 1 amide bonds. The summed E-state index contributed by atoms with van der Waals surface area (Å²) < 4.78 is 57.3. The summed E-state index contributed by atoms with van der Waals surface area (Å²) in [5, 5.41) is 0.330. The third-order valence-corrected chi connectivity index (χ3v) is 3.84. The number of amides is 1. The van der Waals surface area contributed by atoms with Crippen LogP contribution in [0.4, 0.5) is 5.82 Å². The van der Waals surface area contributed by atoms with E-state index in [-0.39, 0.29) is 18.8 Å². The molecule has 2 aromatic heterocycles. The highest BCUT2D eigenvalue weighted by molar-refractivity contribution is 5.87. The lowest BCUT2D eigenvalue weighted by Gasteiger charge is -2.41. The number of likely N-dealkylation sites (tertiary alicyclic amines) is 1. The number of rotatable bonds is 3. The van der Waals surface area contributed by atoms with E-state index in [2.05, 4.69) is 19.8 Å². The van der Waals surface area contributed by atoms with E-state index in [1.165, 1.54) is 13.1 Å². The van der Waals surface area contributed by atoms with Crippen LogP contribution in [0, 0.1) is 12.5 Å². The standard InChI is InChI=1S/C16H20N6O/c1-11-5-7-22(14(23)8-17-2)9-13(11)21(3)16-12-4-6-18-15(12)19-10-20-16/h4,6,10-11,13H,5,7-9H2,1,3H3,(H,18,19,20)/t11-,13+/m1/s1/i3D3,8D2,11D,13D. The van der Waals surface area contributed by atoms with Gasteiger partial charge >= 0.3 is 5.91 Å². The van der Waals surface area contributed by atoms with E-state index in [1.807, 2.05) is 0 Å². The number of nitrogens with one attached hydrogen (secondary N) is 1. The van der Waals surface area contributed by atoms with E-state index in [9.17, 15) is 4.79 Å². The number of fused-ring (bicyclic) bond motifs is 1. The van der Waals surface area contributed by atoms with Crippen molar-refractivity contribution in [1.82, 2.24) is 19.9 Å². The van der Waals surface area contributed by atoms with Crippen LogP contribution in [-0.2, 0) is 4.79 Å². The molecule has 1 fully saturated rings. The molecule has 0 spiro atoms. The van der Waals surface area contributed by atoms with Gasteiger partial charge in [0.2, 0.25) is 0 Å². The maximum Gasteiger partial charge on any atom is 0.302 e. The number of nitrogens with zero attached hydrogens (tertiary/aromatic N) is 5. The highest BCUT2D eigenvalue weighted by atomic mass is 16.2. The van der Waals surface area contributed by atoms with Gasteiger partial charge in [-0.2, -0.15) is 0 Å². The van der Waals surface area contributed by atoms with E-state index >= 15 is 0 Å². The zero-order valence-electron chi connectivity index (χ0n) is 19.5. The minimum absolute atomic E-state index is 0.0767. The van der Waals surface area contributed by atoms with E-state index in [1.54, 1.807) is 6.07 Å². The van der Waals surface area contributed by atoms with Crippen LogP contribution in [0.1, 0.15) is 22.9 Å². The van der Waals surface area contributed by atoms with Crippen molar-refractivity contribution >= 4 is 22.8 Å². The molecule has 0 bridgehead atoms. The predicted molar refractivity (Wildman–Crippen MR) is 87.9 cm³/mol. The van der Waals surface area contributed by atoms with Gasteiger partial charge in [0.25, 0.3) is 6.50 Å². The third-order valence-electron chi connectivity index (χ3n) is 3.84. The quantitative estimate of drug-likeness (QED) is 0.872. The van der Waals surface area contributed by atoms with Crippen molar-refractivity contribution in [3.05, 3.63) is 30.0 Å². The van der Waals surface area contributed by atoms with Crippen LogP contribution in [0.2, 0.25) is 0 Å². The summed E-state index contributed by atoms with van der Waals surface area (Å²) in [7, 11) is 0. The summed E-state index contributed by atoms with van der Waals surface area (Å²) in [5.74, 6) is -2.92. The molecule has 7 heteroatoms. The van der Waals surface area contributed by atoms with Crippen molar-refractivity contribution < 1.29 is 14.4 Å². The molecule has 120 valence electrons. The van der Waals surface area contributed by atoms with Crippen molar-refractivity contribution in [3.8, 4) is 0 Å². The fourth-order valence-corrected chi connectivity index (χ4v) is 2.56. The Bertz CT molecular complexity index is 1010. The lowest BCUT2D eigenvalue weighted by molar-refractivity contribution is -0.130. The van der Waals surface area contributed by atoms with Gasteiger partial charge in [-0.15, -0.1) is 0 Å². The molecule has 1 aliphatic heterocycles. The van der Waals surface area contributed by atoms with Gasteiger partial charge in [0.15, 0.2) is 0 Å². The Kier molecular flexibility index (Phi) is 2.41. The number of hydrogen-bond donors (Lipinski definition) is 1. The van der Waals surface area contributed by atoms with Crippen molar-refractivity contribution in [3.63, 3.8) is 0 Å². The summed E-state index contributed by atoms with van der Waals surface area (Å²) in [4.78, 5) is 27.8. The number of anilines is 1. The van der Waals surface area contributed by atoms with Crippen molar-refractivity contribution in [1.29, 1.82) is 0 Å². The van der Waals surface area contributed by atoms with Crippen LogP contribution in [0.5, 0.6) is 0 Å². The van der Waals surface area contributed by atoms with Crippen molar-refractivity contribution in [2.45, 2.75) is 19.4 Å². The Morgan fingerprint density at radius 2 is 2.61 bits per heavy atom. The smallest absolute Gasteiger partial charge is 0.302 e.